The van der Waals surface area contributed by atoms with Gasteiger partial charge in [0.05, 0.1) is 12.2 Å². The Balaban J connectivity index is 2.28. The van der Waals surface area contributed by atoms with Gasteiger partial charge in [-0.2, -0.15) is 5.10 Å². The second-order valence-corrected chi connectivity index (χ2v) is 5.81. The fourth-order valence-electron chi connectivity index (χ4n) is 1.69. The normalized spacial score (nSPS) is 11.2. The maximum absolute atomic E-state index is 11.9. The predicted octanol–water partition coefficient (Wildman–Crippen LogP) is 2.59. The molecule has 0 radical (unpaired) electrons. The van der Waals surface area contributed by atoms with Crippen LogP contribution in [0.15, 0.2) is 29.3 Å². The van der Waals surface area contributed by atoms with Crippen molar-refractivity contribution in [3.05, 3.63) is 49.7 Å². The number of halogens is 1. The topological polar surface area (TPSA) is 39.8 Å². The second kappa shape index (κ2) is 5.26. The Bertz CT molecular complexity index is 613. The molecule has 0 atom stereocenters. The molecule has 18 heavy (non-hydrogen) atoms. The molecule has 0 saturated heterocycles. The molecule has 2 aromatic rings. The van der Waals surface area contributed by atoms with Gasteiger partial charge in [-0.25, -0.2) is 0 Å². The summed E-state index contributed by atoms with van der Waals surface area (Å²) in [5, 5.41) is 4.45. The highest BCUT2D eigenvalue weighted by atomic mass is 127. The summed E-state index contributed by atoms with van der Waals surface area (Å²) in [6.07, 6.45) is 3.83. The Morgan fingerprint density at radius 1 is 1.44 bits per heavy atom. The van der Waals surface area contributed by atoms with Gasteiger partial charge < -0.3 is 4.57 Å². The molecule has 2 rings (SSSR count). The van der Waals surface area contributed by atoms with Gasteiger partial charge in [0, 0.05) is 28.1 Å². The van der Waals surface area contributed by atoms with Crippen LogP contribution in [0.4, 0.5) is 0 Å². The minimum atomic E-state index is 0.0204. The highest BCUT2D eigenvalue weighted by Crippen LogP contribution is 2.09. The number of hydrogen-bond acceptors (Lipinski definition) is 2. The summed E-state index contributed by atoms with van der Waals surface area (Å²) >= 11 is 2.24. The van der Waals surface area contributed by atoms with Crippen LogP contribution in [0.5, 0.6) is 0 Å². The van der Waals surface area contributed by atoms with E-state index in [1.54, 1.807) is 10.6 Å². The summed E-state index contributed by atoms with van der Waals surface area (Å²) in [5.41, 5.74) is 1.95. The Kier molecular flexibility index (Phi) is 3.89. The molecule has 0 amide bonds. The van der Waals surface area contributed by atoms with Crippen LogP contribution in [0.2, 0.25) is 0 Å². The molecule has 96 valence electrons. The molecule has 0 fully saturated rings. The number of pyridine rings is 1. The van der Waals surface area contributed by atoms with Crippen molar-refractivity contribution in [3.8, 4) is 0 Å². The maximum Gasteiger partial charge on any atom is 0.251 e. The Labute approximate surface area is 120 Å². The molecule has 2 aromatic heterocycles. The molecule has 0 aliphatic carbocycles. The molecule has 0 unspecified atom stereocenters. The first kappa shape index (κ1) is 13.3. The van der Waals surface area contributed by atoms with Crippen LogP contribution in [0, 0.1) is 10.5 Å². The van der Waals surface area contributed by atoms with E-state index < -0.39 is 0 Å². The minimum absolute atomic E-state index is 0.0204. The third-order valence-electron chi connectivity index (χ3n) is 2.79. The van der Waals surface area contributed by atoms with Crippen LogP contribution < -0.4 is 5.56 Å². The van der Waals surface area contributed by atoms with E-state index in [-0.39, 0.29) is 5.56 Å². The maximum atomic E-state index is 11.9. The average Bonchev–Trinajstić information content (AvgIpc) is 2.74. The van der Waals surface area contributed by atoms with E-state index >= 15 is 0 Å². The van der Waals surface area contributed by atoms with Crippen molar-refractivity contribution in [1.82, 2.24) is 14.3 Å². The zero-order chi connectivity index (χ0) is 13.3. The summed E-state index contributed by atoms with van der Waals surface area (Å²) in [4.78, 5) is 11.9. The lowest BCUT2D eigenvalue weighted by Gasteiger charge is -2.07. The van der Waals surface area contributed by atoms with Gasteiger partial charge in [-0.15, -0.1) is 0 Å². The quantitative estimate of drug-likeness (QED) is 0.793. The van der Waals surface area contributed by atoms with E-state index in [1.807, 2.05) is 30.1 Å². The van der Waals surface area contributed by atoms with Crippen molar-refractivity contribution in [3.63, 3.8) is 0 Å². The third-order valence-corrected chi connectivity index (χ3v) is 3.92. The number of hydrogen-bond donors (Lipinski definition) is 0. The second-order valence-electron chi connectivity index (χ2n) is 4.65. The lowest BCUT2D eigenvalue weighted by Crippen LogP contribution is -2.20. The lowest BCUT2D eigenvalue weighted by molar-refractivity contribution is 0.523. The van der Waals surface area contributed by atoms with Crippen LogP contribution >= 0.6 is 22.6 Å². The van der Waals surface area contributed by atoms with Gasteiger partial charge in [-0.3, -0.25) is 9.48 Å². The molecule has 0 N–H and O–H groups in total. The smallest absolute Gasteiger partial charge is 0.251 e. The Morgan fingerprint density at radius 3 is 2.78 bits per heavy atom. The van der Waals surface area contributed by atoms with Crippen LogP contribution in [-0.2, 0) is 6.54 Å². The Hall–Kier alpha value is -1.11. The van der Waals surface area contributed by atoms with Crippen molar-refractivity contribution in [2.75, 3.05) is 0 Å². The molecule has 4 nitrogen and oxygen atoms in total. The third kappa shape index (κ3) is 2.82. The summed E-state index contributed by atoms with van der Waals surface area (Å²) in [6, 6.07) is 3.97. The molecule has 2 heterocycles. The number of nitrogens with zero attached hydrogens (tertiary/aromatic N) is 3. The first-order chi connectivity index (χ1) is 8.47. The summed E-state index contributed by atoms with van der Waals surface area (Å²) in [5.74, 6) is 0. The molecule has 5 heteroatoms. The van der Waals surface area contributed by atoms with Gasteiger partial charge in [-0.1, -0.05) is 0 Å². The largest absolute Gasteiger partial charge is 0.308 e. The molecular weight excluding hydrogens is 341 g/mol. The van der Waals surface area contributed by atoms with Crippen molar-refractivity contribution in [1.29, 1.82) is 0 Å². The molecule has 0 aliphatic heterocycles. The van der Waals surface area contributed by atoms with Crippen molar-refractivity contribution >= 4 is 22.6 Å². The van der Waals surface area contributed by atoms with E-state index in [0.29, 0.717) is 12.6 Å². The van der Waals surface area contributed by atoms with Crippen molar-refractivity contribution < 1.29 is 0 Å². The summed E-state index contributed by atoms with van der Waals surface area (Å²) in [7, 11) is 0. The van der Waals surface area contributed by atoms with Gasteiger partial charge in [0.15, 0.2) is 0 Å². The van der Waals surface area contributed by atoms with E-state index in [9.17, 15) is 4.79 Å². The average molecular weight is 357 g/mol. The highest BCUT2D eigenvalue weighted by Gasteiger charge is 2.05. The number of aromatic nitrogens is 3. The SMILES string of the molecule is Cc1cc(=O)n(Cc2ccn(C(C)C)n2)cc1I. The van der Waals surface area contributed by atoms with Gasteiger partial charge in [0.1, 0.15) is 0 Å². The summed E-state index contributed by atoms with van der Waals surface area (Å²) < 4.78 is 4.69. The zero-order valence-corrected chi connectivity index (χ0v) is 12.9. The van der Waals surface area contributed by atoms with Crippen molar-refractivity contribution in [2.24, 2.45) is 0 Å². The Morgan fingerprint density at radius 2 is 2.17 bits per heavy atom. The van der Waals surface area contributed by atoms with Crippen molar-refractivity contribution in [2.45, 2.75) is 33.4 Å². The van der Waals surface area contributed by atoms with Crippen LogP contribution in [0.3, 0.4) is 0 Å². The molecule has 0 spiro atoms. The molecule has 0 aliphatic rings. The molecular formula is C13H16IN3O. The van der Waals surface area contributed by atoms with E-state index in [2.05, 4.69) is 41.5 Å². The first-order valence-corrected chi connectivity index (χ1v) is 6.96. The van der Waals surface area contributed by atoms with Gasteiger partial charge >= 0.3 is 0 Å². The van der Waals surface area contributed by atoms with Crippen LogP contribution in [0.25, 0.3) is 0 Å². The predicted molar refractivity (Wildman–Crippen MR) is 79.9 cm³/mol. The number of rotatable bonds is 3. The molecule has 0 saturated carbocycles. The molecule has 0 bridgehead atoms. The minimum Gasteiger partial charge on any atom is -0.308 e. The van der Waals surface area contributed by atoms with Gasteiger partial charge in [-0.05, 0) is 55.0 Å². The van der Waals surface area contributed by atoms with E-state index in [4.69, 9.17) is 0 Å². The van der Waals surface area contributed by atoms with Crippen LogP contribution in [-0.4, -0.2) is 14.3 Å². The fourth-order valence-corrected chi connectivity index (χ4v) is 2.18. The van der Waals surface area contributed by atoms with Crippen LogP contribution in [0.1, 0.15) is 31.1 Å². The monoisotopic (exact) mass is 357 g/mol. The highest BCUT2D eigenvalue weighted by molar-refractivity contribution is 14.1. The summed E-state index contributed by atoms with van der Waals surface area (Å²) in [6.45, 7) is 6.63. The number of aryl methyl sites for hydroxylation is 1. The van der Waals surface area contributed by atoms with E-state index in [1.165, 1.54) is 0 Å². The van der Waals surface area contributed by atoms with Gasteiger partial charge in [0.2, 0.25) is 0 Å². The first-order valence-electron chi connectivity index (χ1n) is 5.88. The zero-order valence-electron chi connectivity index (χ0n) is 10.7. The standard InChI is InChI=1S/C13H16IN3O/c1-9(2)17-5-4-11(15-17)7-16-8-12(14)10(3)6-13(16)18/h4-6,8-9H,7H2,1-3H3. The molecule has 0 aromatic carbocycles. The van der Waals surface area contributed by atoms with Gasteiger partial charge in [0.25, 0.3) is 5.56 Å². The lowest BCUT2D eigenvalue weighted by atomic mass is 10.3. The fraction of sp³-hybridized carbons (Fsp3) is 0.385. The van der Waals surface area contributed by atoms with E-state index in [0.717, 1.165) is 14.8 Å².